The second-order valence-electron chi connectivity index (χ2n) is 5.23. The van der Waals surface area contributed by atoms with Crippen LogP contribution in [0.1, 0.15) is 45.1 Å². The molecule has 0 bridgehead atoms. The molecule has 1 aliphatic carbocycles. The lowest BCUT2D eigenvalue weighted by molar-refractivity contribution is 0.192. The van der Waals surface area contributed by atoms with Gasteiger partial charge in [-0.15, -0.1) is 12.6 Å². The second kappa shape index (κ2) is 12.5. The summed E-state index contributed by atoms with van der Waals surface area (Å²) < 4.78 is 5.81. The summed E-state index contributed by atoms with van der Waals surface area (Å²) >= 11 is 4.44. The van der Waals surface area contributed by atoms with Crippen molar-refractivity contribution < 1.29 is 15.7 Å². The van der Waals surface area contributed by atoms with Gasteiger partial charge in [0, 0.05) is 17.6 Å². The van der Waals surface area contributed by atoms with Crippen molar-refractivity contribution in [2.75, 3.05) is 5.32 Å². The van der Waals surface area contributed by atoms with E-state index in [4.69, 9.17) is 4.74 Å². The molecule has 0 amide bonds. The summed E-state index contributed by atoms with van der Waals surface area (Å²) in [6.07, 6.45) is 6.69. The maximum atomic E-state index is 5.81. The number of thiol groups is 1. The van der Waals surface area contributed by atoms with Crippen molar-refractivity contribution in [2.24, 2.45) is 0 Å². The molecule has 7 heteroatoms. The van der Waals surface area contributed by atoms with Crippen LogP contribution >= 0.6 is 12.6 Å². The van der Waals surface area contributed by atoms with E-state index >= 15 is 0 Å². The van der Waals surface area contributed by atoms with Crippen LogP contribution in [0.2, 0.25) is 0 Å². The standard InChI is InChI=1S/C16H19N3OS.C2H6.2H2O/c21-14-8-4-1-5-12(14)11-18-15-9-10-17-16(19-15)20-13-6-2-3-7-13;1-2;;/h1,4-5,8-10,13,21H,2-3,6-7,11H2,(H,17,18,19);1-2H3;2*1H2. The minimum Gasteiger partial charge on any atom is -0.460 e. The maximum Gasteiger partial charge on any atom is 0.318 e. The lowest BCUT2D eigenvalue weighted by Crippen LogP contribution is -2.13. The smallest absolute Gasteiger partial charge is 0.318 e. The van der Waals surface area contributed by atoms with E-state index in [0.29, 0.717) is 12.6 Å². The SMILES string of the molecule is CC.O.O.Sc1ccccc1CNc1ccnc(OC2CCCC2)n1. The summed E-state index contributed by atoms with van der Waals surface area (Å²) in [5.74, 6) is 0.773. The molecular formula is C18H29N3O3S. The third-order valence-electron chi connectivity index (χ3n) is 3.66. The largest absolute Gasteiger partial charge is 0.460 e. The predicted molar refractivity (Wildman–Crippen MR) is 105 cm³/mol. The lowest BCUT2D eigenvalue weighted by Gasteiger charge is -2.12. The first-order valence-corrected chi connectivity index (χ1v) is 8.76. The Morgan fingerprint density at radius 1 is 1.12 bits per heavy atom. The molecule has 1 fully saturated rings. The molecule has 0 saturated heterocycles. The van der Waals surface area contributed by atoms with Gasteiger partial charge in [0.05, 0.1) is 0 Å². The van der Waals surface area contributed by atoms with Crippen molar-refractivity contribution in [3.63, 3.8) is 0 Å². The molecule has 1 heterocycles. The van der Waals surface area contributed by atoms with Crippen LogP contribution in [0.5, 0.6) is 6.01 Å². The van der Waals surface area contributed by atoms with E-state index in [0.717, 1.165) is 29.1 Å². The zero-order valence-corrected chi connectivity index (χ0v) is 15.7. The van der Waals surface area contributed by atoms with Crippen LogP contribution in [-0.2, 0) is 6.54 Å². The molecule has 2 aromatic rings. The zero-order valence-electron chi connectivity index (χ0n) is 14.8. The molecule has 0 unspecified atom stereocenters. The molecule has 0 spiro atoms. The van der Waals surface area contributed by atoms with Crippen LogP contribution in [0.4, 0.5) is 5.82 Å². The highest BCUT2D eigenvalue weighted by Crippen LogP contribution is 2.22. The average molecular weight is 368 g/mol. The van der Waals surface area contributed by atoms with E-state index in [9.17, 15) is 0 Å². The Balaban J connectivity index is 0.00000139. The van der Waals surface area contributed by atoms with Gasteiger partial charge in [-0.1, -0.05) is 32.0 Å². The first-order chi connectivity index (χ1) is 11.3. The van der Waals surface area contributed by atoms with Crippen molar-refractivity contribution in [3.8, 4) is 6.01 Å². The number of rotatable bonds is 5. The van der Waals surface area contributed by atoms with Crippen LogP contribution in [0, 0.1) is 0 Å². The number of hydrogen-bond acceptors (Lipinski definition) is 5. The first-order valence-electron chi connectivity index (χ1n) is 8.32. The summed E-state index contributed by atoms with van der Waals surface area (Å²) in [5, 5.41) is 3.29. The highest BCUT2D eigenvalue weighted by Gasteiger charge is 2.17. The van der Waals surface area contributed by atoms with Gasteiger partial charge in [-0.25, -0.2) is 4.98 Å². The fraction of sp³-hybridized carbons (Fsp3) is 0.444. The van der Waals surface area contributed by atoms with Gasteiger partial charge in [-0.05, 0) is 43.4 Å². The first kappa shape index (κ1) is 23.2. The Labute approximate surface area is 155 Å². The van der Waals surface area contributed by atoms with Crippen LogP contribution in [0.3, 0.4) is 0 Å². The number of ether oxygens (including phenoxy) is 1. The Hall–Kier alpha value is -1.83. The Bertz CT molecular complexity index is 608. The molecule has 5 N–H and O–H groups in total. The van der Waals surface area contributed by atoms with Gasteiger partial charge in [0.1, 0.15) is 11.9 Å². The van der Waals surface area contributed by atoms with Gasteiger partial charge in [0.15, 0.2) is 0 Å². The van der Waals surface area contributed by atoms with Crippen molar-refractivity contribution in [1.82, 2.24) is 9.97 Å². The Morgan fingerprint density at radius 2 is 1.80 bits per heavy atom. The second-order valence-corrected chi connectivity index (χ2v) is 5.71. The average Bonchev–Trinajstić information content (AvgIpc) is 3.09. The van der Waals surface area contributed by atoms with Gasteiger partial charge >= 0.3 is 6.01 Å². The van der Waals surface area contributed by atoms with Crippen LogP contribution in [0.15, 0.2) is 41.4 Å². The van der Waals surface area contributed by atoms with Gasteiger partial charge < -0.3 is 21.0 Å². The molecule has 0 aliphatic heterocycles. The van der Waals surface area contributed by atoms with E-state index in [2.05, 4.69) is 27.9 Å². The Kier molecular flexibility index (Phi) is 11.6. The molecule has 1 aliphatic rings. The topological polar surface area (TPSA) is 110 Å². The normalized spacial score (nSPS) is 12.9. The fourth-order valence-electron chi connectivity index (χ4n) is 2.50. The summed E-state index contributed by atoms with van der Waals surface area (Å²) in [5.41, 5.74) is 1.14. The molecule has 3 rings (SSSR count). The highest BCUT2D eigenvalue weighted by molar-refractivity contribution is 7.80. The third-order valence-corrected chi connectivity index (χ3v) is 4.10. The summed E-state index contributed by atoms with van der Waals surface area (Å²) in [4.78, 5) is 9.57. The van der Waals surface area contributed by atoms with E-state index < -0.39 is 0 Å². The minimum absolute atomic E-state index is 0. The molecule has 1 saturated carbocycles. The monoisotopic (exact) mass is 367 g/mol. The maximum absolute atomic E-state index is 5.81. The quantitative estimate of drug-likeness (QED) is 0.791. The number of nitrogens with zero attached hydrogens (tertiary/aromatic N) is 2. The summed E-state index contributed by atoms with van der Waals surface area (Å²) in [7, 11) is 0. The van der Waals surface area contributed by atoms with Crippen molar-refractivity contribution >= 4 is 18.4 Å². The molecule has 25 heavy (non-hydrogen) atoms. The molecule has 6 nitrogen and oxygen atoms in total. The molecule has 1 aromatic heterocycles. The minimum atomic E-state index is 0. The van der Waals surface area contributed by atoms with Crippen molar-refractivity contribution in [3.05, 3.63) is 42.1 Å². The van der Waals surface area contributed by atoms with E-state index in [1.807, 2.05) is 44.2 Å². The van der Waals surface area contributed by atoms with Crippen molar-refractivity contribution in [2.45, 2.75) is 57.1 Å². The highest BCUT2D eigenvalue weighted by atomic mass is 32.1. The van der Waals surface area contributed by atoms with Crippen LogP contribution in [-0.4, -0.2) is 27.0 Å². The number of benzene rings is 1. The summed E-state index contributed by atoms with van der Waals surface area (Å²) in [6.45, 7) is 4.68. The number of nitrogens with one attached hydrogen (secondary N) is 1. The van der Waals surface area contributed by atoms with Gasteiger partial charge in [-0.2, -0.15) is 4.98 Å². The van der Waals surface area contributed by atoms with Crippen molar-refractivity contribution in [1.29, 1.82) is 0 Å². The summed E-state index contributed by atoms with van der Waals surface area (Å²) in [6, 6.07) is 10.3. The van der Waals surface area contributed by atoms with E-state index in [1.165, 1.54) is 12.8 Å². The molecule has 1 aromatic carbocycles. The number of aromatic nitrogens is 2. The molecular weight excluding hydrogens is 338 g/mol. The molecule has 140 valence electrons. The predicted octanol–water partition coefficient (Wildman–Crippen LogP) is 3.08. The van der Waals surface area contributed by atoms with Gasteiger partial charge in [0.25, 0.3) is 0 Å². The van der Waals surface area contributed by atoms with Crippen LogP contribution in [0.25, 0.3) is 0 Å². The fourth-order valence-corrected chi connectivity index (χ4v) is 2.74. The van der Waals surface area contributed by atoms with Gasteiger partial charge in [0.2, 0.25) is 0 Å². The number of anilines is 1. The van der Waals surface area contributed by atoms with E-state index in [-0.39, 0.29) is 17.1 Å². The lowest BCUT2D eigenvalue weighted by atomic mass is 10.2. The van der Waals surface area contributed by atoms with E-state index in [1.54, 1.807) is 6.20 Å². The zero-order chi connectivity index (χ0) is 16.5. The van der Waals surface area contributed by atoms with Gasteiger partial charge in [-0.3, -0.25) is 0 Å². The van der Waals surface area contributed by atoms with Crippen LogP contribution < -0.4 is 10.1 Å². The number of hydrogen-bond donors (Lipinski definition) is 2. The third kappa shape index (κ3) is 7.29. The molecule has 0 atom stereocenters. The Morgan fingerprint density at radius 3 is 2.48 bits per heavy atom. The molecule has 0 radical (unpaired) electrons.